The number of rotatable bonds is 5. The van der Waals surface area contributed by atoms with Crippen LogP contribution in [0.2, 0.25) is 4.55 Å². The number of hydrogen-bond acceptors (Lipinski definition) is 18. The van der Waals surface area contributed by atoms with E-state index in [9.17, 15) is 15.3 Å². The second-order valence-corrected chi connectivity index (χ2v) is 23.0. The zero-order valence-corrected chi connectivity index (χ0v) is 43.5. The molecule has 0 radical (unpaired) electrons. The monoisotopic (exact) mass is 993 g/mol. The summed E-state index contributed by atoms with van der Waals surface area (Å²) < 4.78 is 86.9. The van der Waals surface area contributed by atoms with Gasteiger partial charge < -0.3 is 95.4 Å². The van der Waals surface area contributed by atoms with Gasteiger partial charge >= 0.3 is 68.2 Å². The number of hydrogen-bond donors (Lipinski definition) is 3. The van der Waals surface area contributed by atoms with Crippen molar-refractivity contribution >= 4 is 28.3 Å². The summed E-state index contributed by atoms with van der Waals surface area (Å²) in [6.45, 7) is 26.5. The number of aliphatic hydroxyl groups excluding tert-OH is 3. The first-order valence-corrected chi connectivity index (χ1v) is 26.3. The van der Waals surface area contributed by atoms with E-state index in [1.165, 1.54) is 10.3 Å². The first kappa shape index (κ1) is 54.6. The molecule has 21 heteroatoms. The van der Waals surface area contributed by atoms with Crippen molar-refractivity contribution in [1.82, 2.24) is 0 Å². The Bertz CT molecular complexity index is 1510. The van der Waals surface area contributed by atoms with Gasteiger partial charge in [0.1, 0.15) is 73.2 Å². The van der Waals surface area contributed by atoms with Gasteiger partial charge in [0.25, 0.3) is 0 Å². The minimum absolute atomic E-state index is 0.232. The number of allylic oxidation sites excluding steroid dienone is 5. The Morgan fingerprint density at radius 2 is 0.877 bits per heavy atom. The van der Waals surface area contributed by atoms with Crippen molar-refractivity contribution in [3.63, 3.8) is 0 Å². The van der Waals surface area contributed by atoms with Crippen molar-refractivity contribution < 1.29 is 107 Å². The number of ether oxygens (including phenoxy) is 15. The van der Waals surface area contributed by atoms with E-state index in [1.807, 2.05) is 47.6 Å². The third kappa shape index (κ3) is 14.2. The van der Waals surface area contributed by atoms with Gasteiger partial charge in [0.05, 0.1) is 19.8 Å². The molecule has 10 aliphatic rings. The molecule has 9 aliphatic heterocycles. The normalized spacial score (nSPS) is 43.2. The van der Waals surface area contributed by atoms with E-state index in [0.29, 0.717) is 19.8 Å². The second kappa shape index (κ2) is 21.5. The molecule has 9 saturated heterocycles. The van der Waals surface area contributed by atoms with Crippen LogP contribution in [-0.4, -0.2) is 181 Å². The van der Waals surface area contributed by atoms with Crippen LogP contribution in [0.3, 0.4) is 0 Å². The molecule has 0 spiro atoms. The third-order valence-electron chi connectivity index (χ3n) is 11.4. The van der Waals surface area contributed by atoms with Crippen LogP contribution in [0.5, 0.6) is 0 Å². The summed E-state index contributed by atoms with van der Waals surface area (Å²) in [6.07, 6.45) is 1.83. The Kier molecular flexibility index (Phi) is 18.1. The van der Waals surface area contributed by atoms with Gasteiger partial charge in [-0.15, -0.1) is 17.2 Å². The minimum atomic E-state index is -0.765. The van der Waals surface area contributed by atoms with Crippen LogP contribution in [0.25, 0.3) is 0 Å². The Morgan fingerprint density at radius 3 is 1.05 bits per heavy atom. The summed E-state index contributed by atoms with van der Waals surface area (Å²) in [5.74, 6) is -4.04. The first-order valence-electron chi connectivity index (χ1n) is 22.4. The molecule has 0 bridgehead atoms. The molecule has 1 aliphatic carbocycles. The Morgan fingerprint density at radius 1 is 0.554 bits per heavy atom. The molecule has 18 nitrogen and oxygen atoms in total. The van der Waals surface area contributed by atoms with E-state index in [-0.39, 0.29) is 37.6 Å². The molecule has 367 valence electrons. The standard InChI is InChI=1S/3C12H20O6.C5H5.C3H5.ClH.Mg.Ti/c3*1-11(2)14-5-6(16-11)8-7(13)9-10(15-8)18-12(3,4)17-9;1-2-4-5-3-1;1-3-2;;;/h3*6-10,13H,5H2,1-4H3;1-3H,4H2;3H,1-2H2;1H;;/q;;;;;;+1;/p-1/t3*6-,7+,8-,9-,10-;;;;;/m111...../s1. The average molecular weight is 995 g/mol. The topological polar surface area (TPSA) is 199 Å². The van der Waals surface area contributed by atoms with Crippen molar-refractivity contribution in [2.24, 2.45) is 0 Å². The van der Waals surface area contributed by atoms with Crippen molar-refractivity contribution in [2.75, 3.05) is 19.8 Å². The Labute approximate surface area is 408 Å². The molecule has 65 heavy (non-hydrogen) atoms. The maximum absolute atomic E-state index is 10.3. The predicted octanol–water partition coefficient (Wildman–Crippen LogP) is 3.95. The molecule has 0 saturated carbocycles. The molecule has 0 aromatic carbocycles. The third-order valence-corrected chi connectivity index (χ3v) is 13.3. The molecule has 10 rings (SSSR count). The van der Waals surface area contributed by atoms with Crippen LogP contribution >= 0.6 is 9.07 Å². The van der Waals surface area contributed by atoms with Gasteiger partial charge in [-0.2, -0.15) is 0 Å². The van der Waals surface area contributed by atoms with E-state index in [4.69, 9.17) is 80.1 Å². The van der Waals surface area contributed by atoms with E-state index in [0.717, 1.165) is 4.55 Å². The van der Waals surface area contributed by atoms with Gasteiger partial charge in [-0.25, -0.2) is 0 Å². The van der Waals surface area contributed by atoms with Crippen molar-refractivity contribution in [3.8, 4) is 0 Å². The SMILES string of the molecule is C=C[CH2][Mg][Cl].CC1(C)O[C@H]2O[C@H]([C@H]3COC(C)(C)O3)[C@H](O)[C@H]2O1.CC1(C)O[C@H]2O[C@H]([C@H]3COC(C)(C)O3)[C@H](O)[C@H]2O1.CC1(C)O[C@H]2O[C@H]([C@H]3COC(C)(C)O3)[C@H](O)[C@H]2O1.[Ti][C]1=CC=CC1. The molecule has 3 N–H and O–H groups in total. The summed E-state index contributed by atoms with van der Waals surface area (Å²) in [6, 6.07) is 0. The Balaban J connectivity index is 0.000000144. The van der Waals surface area contributed by atoms with E-state index in [1.54, 1.807) is 41.5 Å². The van der Waals surface area contributed by atoms with Gasteiger partial charge in [-0.1, -0.05) is 0 Å². The predicted molar refractivity (Wildman–Crippen MR) is 227 cm³/mol. The van der Waals surface area contributed by atoms with Gasteiger partial charge in [0, 0.05) is 0 Å². The Hall–Kier alpha value is 0.271. The first-order chi connectivity index (χ1) is 30.1. The van der Waals surface area contributed by atoms with Crippen molar-refractivity contribution in [3.05, 3.63) is 34.8 Å². The van der Waals surface area contributed by atoms with E-state index in [2.05, 4.69) is 45.2 Å². The number of fused-ring (bicyclic) bond motifs is 3. The average Bonchev–Trinajstić information content (AvgIpc) is 4.08. The van der Waals surface area contributed by atoms with Crippen LogP contribution in [0, 0.1) is 0 Å². The molecular weight excluding hydrogens is 924 g/mol. The summed E-state index contributed by atoms with van der Waals surface area (Å²) in [5, 5.41) is 30.8. The fraction of sp³-hybridized carbons (Fsp3) is 0.864. The van der Waals surface area contributed by atoms with Crippen LogP contribution in [0.15, 0.2) is 34.8 Å². The molecule has 0 aromatic heterocycles. The molecule has 0 unspecified atom stereocenters. The van der Waals surface area contributed by atoms with Crippen LogP contribution in [0.1, 0.15) is 89.5 Å². The van der Waals surface area contributed by atoms with Gasteiger partial charge in [-0.05, 0) is 83.1 Å². The maximum atomic E-state index is 10.3. The van der Waals surface area contributed by atoms with Gasteiger partial charge in [-0.3, -0.25) is 0 Å². The van der Waals surface area contributed by atoms with Crippen LogP contribution < -0.4 is 0 Å². The molecule has 15 atom stereocenters. The quantitative estimate of drug-likeness (QED) is 0.264. The van der Waals surface area contributed by atoms with Crippen LogP contribution in [-0.2, 0) is 91.5 Å². The zero-order chi connectivity index (χ0) is 47.9. The molecule has 9 heterocycles. The fourth-order valence-electron chi connectivity index (χ4n) is 8.63. The second-order valence-electron chi connectivity index (χ2n) is 19.9. The summed E-state index contributed by atoms with van der Waals surface area (Å²) in [4.78, 5) is 0. The van der Waals surface area contributed by atoms with Crippen LogP contribution in [0.4, 0.5) is 0 Å². The fourth-order valence-corrected chi connectivity index (χ4v) is 9.58. The van der Waals surface area contributed by atoms with Crippen molar-refractivity contribution in [1.29, 1.82) is 0 Å². The molecule has 0 amide bonds. The number of aliphatic hydroxyl groups is 3. The molecule has 0 aromatic rings. The summed E-state index contributed by atoms with van der Waals surface area (Å²) in [5.41, 5.74) is 0. The van der Waals surface area contributed by atoms with Crippen molar-refractivity contribution in [2.45, 2.75) is 221 Å². The summed E-state index contributed by atoms with van der Waals surface area (Å²) in [7, 11) is 5.37. The van der Waals surface area contributed by atoms with E-state index < -0.39 is 109 Å². The summed E-state index contributed by atoms with van der Waals surface area (Å²) >= 11 is 1.91. The number of halogens is 1. The van der Waals surface area contributed by atoms with Gasteiger partial charge in [0.15, 0.2) is 53.6 Å². The molecular formula is C44H70ClMgO18Ti. The van der Waals surface area contributed by atoms with Gasteiger partial charge in [0.2, 0.25) is 0 Å². The van der Waals surface area contributed by atoms with E-state index >= 15 is 0 Å². The molecule has 9 fully saturated rings. The zero-order valence-electron chi connectivity index (χ0n) is 39.8.